The summed E-state index contributed by atoms with van der Waals surface area (Å²) in [5, 5.41) is 1.70. The molecule has 0 saturated heterocycles. The average molecular weight is 185 g/mol. The van der Waals surface area contributed by atoms with Gasteiger partial charge in [0, 0.05) is 17.3 Å². The van der Waals surface area contributed by atoms with Crippen LogP contribution in [0.4, 0.5) is 0 Å². The van der Waals surface area contributed by atoms with Crippen LogP contribution in [0.15, 0.2) is 47.9 Å². The monoisotopic (exact) mass is 185 g/mol. The van der Waals surface area contributed by atoms with Gasteiger partial charge in [0.25, 0.3) is 5.56 Å². The molecular formula is C12H11NO. The van der Waals surface area contributed by atoms with E-state index in [0.29, 0.717) is 0 Å². The SMILES string of the molecule is C=C(C)n1ccc2ccccc2c1=O. The molecular weight excluding hydrogens is 174 g/mol. The zero-order valence-corrected chi connectivity index (χ0v) is 8.03. The number of hydrogen-bond acceptors (Lipinski definition) is 1. The van der Waals surface area contributed by atoms with Crippen LogP contribution in [-0.2, 0) is 0 Å². The van der Waals surface area contributed by atoms with Gasteiger partial charge < -0.3 is 0 Å². The van der Waals surface area contributed by atoms with Crippen LogP contribution in [0, 0.1) is 0 Å². The van der Waals surface area contributed by atoms with E-state index in [2.05, 4.69) is 6.58 Å². The van der Waals surface area contributed by atoms with Crippen LogP contribution in [0.2, 0.25) is 0 Å². The summed E-state index contributed by atoms with van der Waals surface area (Å²) in [7, 11) is 0. The first kappa shape index (κ1) is 8.75. The van der Waals surface area contributed by atoms with Crippen molar-refractivity contribution in [2.75, 3.05) is 0 Å². The number of fused-ring (bicyclic) bond motifs is 1. The first-order valence-corrected chi connectivity index (χ1v) is 4.46. The molecule has 70 valence electrons. The maximum Gasteiger partial charge on any atom is 0.262 e. The van der Waals surface area contributed by atoms with Gasteiger partial charge in [-0.25, -0.2) is 0 Å². The first-order chi connectivity index (χ1) is 6.70. The number of pyridine rings is 1. The molecule has 14 heavy (non-hydrogen) atoms. The van der Waals surface area contributed by atoms with E-state index >= 15 is 0 Å². The molecule has 0 spiro atoms. The van der Waals surface area contributed by atoms with Crippen molar-refractivity contribution in [1.82, 2.24) is 4.57 Å². The van der Waals surface area contributed by atoms with Crippen LogP contribution in [0.5, 0.6) is 0 Å². The summed E-state index contributed by atoms with van der Waals surface area (Å²) >= 11 is 0. The number of rotatable bonds is 1. The van der Waals surface area contributed by atoms with Gasteiger partial charge in [-0.15, -0.1) is 0 Å². The number of nitrogens with zero attached hydrogens (tertiary/aromatic N) is 1. The van der Waals surface area contributed by atoms with E-state index < -0.39 is 0 Å². The fourth-order valence-corrected chi connectivity index (χ4v) is 1.49. The quantitative estimate of drug-likeness (QED) is 0.669. The predicted molar refractivity (Wildman–Crippen MR) is 59.2 cm³/mol. The Morgan fingerprint density at radius 1 is 1.29 bits per heavy atom. The van der Waals surface area contributed by atoms with E-state index in [0.717, 1.165) is 16.5 Å². The van der Waals surface area contributed by atoms with Gasteiger partial charge in [0.2, 0.25) is 0 Å². The molecule has 1 aromatic carbocycles. The Kier molecular flexibility index (Phi) is 1.97. The lowest BCUT2D eigenvalue weighted by Gasteiger charge is -2.05. The maximum atomic E-state index is 11.9. The summed E-state index contributed by atoms with van der Waals surface area (Å²) < 4.78 is 1.56. The Labute approximate surface area is 82.1 Å². The van der Waals surface area contributed by atoms with Crippen LogP contribution in [0.1, 0.15) is 6.92 Å². The zero-order chi connectivity index (χ0) is 10.1. The van der Waals surface area contributed by atoms with Crippen molar-refractivity contribution in [3.63, 3.8) is 0 Å². The van der Waals surface area contributed by atoms with E-state index in [4.69, 9.17) is 0 Å². The van der Waals surface area contributed by atoms with Crippen molar-refractivity contribution in [1.29, 1.82) is 0 Å². The van der Waals surface area contributed by atoms with Crippen molar-refractivity contribution >= 4 is 16.5 Å². The molecule has 2 rings (SSSR count). The molecule has 2 heteroatoms. The van der Waals surface area contributed by atoms with Gasteiger partial charge in [-0.05, 0) is 24.4 Å². The smallest absolute Gasteiger partial charge is 0.262 e. The molecule has 0 fully saturated rings. The van der Waals surface area contributed by atoms with E-state index in [-0.39, 0.29) is 5.56 Å². The molecule has 0 saturated carbocycles. The Balaban J connectivity index is 2.89. The van der Waals surface area contributed by atoms with E-state index in [1.54, 1.807) is 10.8 Å². The third-order valence-electron chi connectivity index (χ3n) is 2.22. The Morgan fingerprint density at radius 2 is 2.00 bits per heavy atom. The van der Waals surface area contributed by atoms with Gasteiger partial charge >= 0.3 is 0 Å². The summed E-state index contributed by atoms with van der Waals surface area (Å²) in [5.41, 5.74) is 0.733. The topological polar surface area (TPSA) is 22.0 Å². The van der Waals surface area contributed by atoms with Crippen LogP contribution in [0.3, 0.4) is 0 Å². The van der Waals surface area contributed by atoms with Gasteiger partial charge in [-0.3, -0.25) is 9.36 Å². The van der Waals surface area contributed by atoms with Crippen molar-refractivity contribution < 1.29 is 0 Å². The maximum absolute atomic E-state index is 11.9. The summed E-state index contributed by atoms with van der Waals surface area (Å²) in [4.78, 5) is 11.9. The zero-order valence-electron chi connectivity index (χ0n) is 8.03. The summed E-state index contributed by atoms with van der Waals surface area (Å²) in [6, 6.07) is 9.47. The molecule has 0 aliphatic rings. The molecule has 1 heterocycles. The molecule has 0 aliphatic carbocycles. The summed E-state index contributed by atoms with van der Waals surface area (Å²) in [5.74, 6) is 0. The molecule has 0 aliphatic heterocycles. The summed E-state index contributed by atoms with van der Waals surface area (Å²) in [6.45, 7) is 5.57. The molecule has 0 unspecified atom stereocenters. The third-order valence-corrected chi connectivity index (χ3v) is 2.22. The Morgan fingerprint density at radius 3 is 2.71 bits per heavy atom. The van der Waals surface area contributed by atoms with Crippen LogP contribution >= 0.6 is 0 Å². The number of hydrogen-bond donors (Lipinski definition) is 0. The molecule has 2 nitrogen and oxygen atoms in total. The minimum atomic E-state index is -0.00407. The normalized spacial score (nSPS) is 10.4. The highest BCUT2D eigenvalue weighted by Gasteiger charge is 2.00. The van der Waals surface area contributed by atoms with Crippen molar-refractivity contribution in [3.8, 4) is 0 Å². The minimum absolute atomic E-state index is 0.00407. The lowest BCUT2D eigenvalue weighted by atomic mass is 10.2. The van der Waals surface area contributed by atoms with Crippen LogP contribution in [0.25, 0.3) is 16.5 Å². The lowest BCUT2D eigenvalue weighted by molar-refractivity contribution is 1.03. The van der Waals surface area contributed by atoms with Crippen molar-refractivity contribution in [2.24, 2.45) is 0 Å². The average Bonchev–Trinajstić information content (AvgIpc) is 2.18. The fourth-order valence-electron chi connectivity index (χ4n) is 1.49. The van der Waals surface area contributed by atoms with E-state index in [9.17, 15) is 4.79 Å². The van der Waals surface area contributed by atoms with Gasteiger partial charge in [0.15, 0.2) is 0 Å². The number of benzene rings is 1. The van der Waals surface area contributed by atoms with Gasteiger partial charge in [-0.1, -0.05) is 24.8 Å². The number of allylic oxidation sites excluding steroid dienone is 1. The second-order valence-electron chi connectivity index (χ2n) is 3.31. The van der Waals surface area contributed by atoms with E-state index in [1.807, 2.05) is 37.3 Å². The lowest BCUT2D eigenvalue weighted by Crippen LogP contribution is -2.16. The van der Waals surface area contributed by atoms with E-state index in [1.165, 1.54) is 0 Å². The summed E-state index contributed by atoms with van der Waals surface area (Å²) in [6.07, 6.45) is 1.76. The molecule has 1 aromatic heterocycles. The highest BCUT2D eigenvalue weighted by Crippen LogP contribution is 2.09. The fraction of sp³-hybridized carbons (Fsp3) is 0.0833. The molecule has 0 bridgehead atoms. The third kappa shape index (κ3) is 1.25. The molecule has 0 radical (unpaired) electrons. The molecule has 0 atom stereocenters. The highest BCUT2D eigenvalue weighted by atomic mass is 16.1. The molecule has 2 aromatic rings. The van der Waals surface area contributed by atoms with Crippen LogP contribution < -0.4 is 5.56 Å². The highest BCUT2D eigenvalue weighted by molar-refractivity contribution is 5.81. The van der Waals surface area contributed by atoms with Gasteiger partial charge in [0.05, 0.1) is 0 Å². The second kappa shape index (κ2) is 3.14. The van der Waals surface area contributed by atoms with Crippen LogP contribution in [-0.4, -0.2) is 4.57 Å². The van der Waals surface area contributed by atoms with Crippen molar-refractivity contribution in [2.45, 2.75) is 6.92 Å². The van der Waals surface area contributed by atoms with Gasteiger partial charge in [0.1, 0.15) is 0 Å². The van der Waals surface area contributed by atoms with Gasteiger partial charge in [-0.2, -0.15) is 0 Å². The standard InChI is InChI=1S/C12H11NO/c1-9(2)13-8-7-10-5-3-4-6-11(10)12(13)14/h3-8H,1H2,2H3. The Bertz CT molecular complexity index is 551. The minimum Gasteiger partial charge on any atom is -0.288 e. The second-order valence-corrected chi connectivity index (χ2v) is 3.31. The molecule has 0 N–H and O–H groups in total. The first-order valence-electron chi connectivity index (χ1n) is 4.46. The predicted octanol–water partition coefficient (Wildman–Crippen LogP) is 2.49. The number of aromatic nitrogens is 1. The molecule has 0 amide bonds. The largest absolute Gasteiger partial charge is 0.288 e. The Hall–Kier alpha value is -1.83. The van der Waals surface area contributed by atoms with Crippen molar-refractivity contribution in [3.05, 3.63) is 53.5 Å².